The summed E-state index contributed by atoms with van der Waals surface area (Å²) < 4.78 is 22.7. The van der Waals surface area contributed by atoms with Crippen LogP contribution in [0.1, 0.15) is 79.8 Å². The van der Waals surface area contributed by atoms with Crippen molar-refractivity contribution in [3.05, 3.63) is 203 Å². The molecule has 344 valence electrons. The summed E-state index contributed by atoms with van der Waals surface area (Å²) in [5.74, 6) is -2.58. The van der Waals surface area contributed by atoms with E-state index in [-0.39, 0.29) is 32.0 Å². The number of ether oxygens (including phenoxy) is 4. The highest BCUT2D eigenvalue weighted by Gasteiger charge is 2.39. The molecular formula is C55H55N3O9. The molecule has 12 nitrogen and oxygen atoms in total. The number of alkyl carbamates (subject to hydrolysis) is 2. The largest absolute Gasteiger partial charge is 0.459 e. The van der Waals surface area contributed by atoms with Crippen molar-refractivity contribution in [2.75, 3.05) is 6.61 Å². The SMILES string of the molecule is C[C@@H](OC(=O)[C@H](CCC(=O)NC(c1ccccc1)(c1ccccc1)c1ccccc1)NC(=O)OCC1c2ccccc2-c2ccccc21)[C@H](NC(=O)OC(C)(C)C)C(=O)OCc1ccccc1. The highest BCUT2D eigenvalue weighted by molar-refractivity contribution is 5.86. The second kappa shape index (κ2) is 21.5. The topological polar surface area (TPSA) is 158 Å². The molecule has 0 aromatic heterocycles. The van der Waals surface area contributed by atoms with Crippen LogP contribution < -0.4 is 16.0 Å². The smallest absolute Gasteiger partial charge is 0.408 e. The normalized spacial score (nSPS) is 13.4. The summed E-state index contributed by atoms with van der Waals surface area (Å²) in [6.07, 6.45) is -3.70. The Kier molecular flexibility index (Phi) is 15.2. The zero-order chi connectivity index (χ0) is 47.4. The number of hydrogen-bond acceptors (Lipinski definition) is 9. The first-order chi connectivity index (χ1) is 32.3. The van der Waals surface area contributed by atoms with Gasteiger partial charge in [-0.3, -0.25) is 4.79 Å². The molecule has 6 aromatic rings. The van der Waals surface area contributed by atoms with E-state index in [9.17, 15) is 24.0 Å². The van der Waals surface area contributed by atoms with E-state index >= 15 is 0 Å². The molecule has 1 aliphatic carbocycles. The molecule has 0 saturated heterocycles. The number of benzene rings is 6. The summed E-state index contributed by atoms with van der Waals surface area (Å²) in [6, 6.07) is 50.5. The van der Waals surface area contributed by atoms with E-state index in [1.807, 2.05) is 146 Å². The van der Waals surface area contributed by atoms with E-state index < -0.39 is 59.4 Å². The van der Waals surface area contributed by atoms with E-state index in [0.29, 0.717) is 5.56 Å². The molecule has 6 aromatic carbocycles. The van der Waals surface area contributed by atoms with Crippen molar-refractivity contribution in [2.24, 2.45) is 0 Å². The first-order valence-electron chi connectivity index (χ1n) is 22.3. The number of carbonyl (C=O) groups is 5. The van der Waals surface area contributed by atoms with Crippen LogP contribution in [-0.2, 0) is 45.5 Å². The number of amides is 3. The number of hydrogen-bond donors (Lipinski definition) is 3. The van der Waals surface area contributed by atoms with Crippen molar-refractivity contribution in [3.63, 3.8) is 0 Å². The lowest BCUT2D eigenvalue weighted by atomic mass is 9.77. The summed E-state index contributed by atoms with van der Waals surface area (Å²) in [4.78, 5) is 69.3. The Labute approximate surface area is 391 Å². The minimum Gasteiger partial charge on any atom is -0.459 e. The highest BCUT2D eigenvalue weighted by Crippen LogP contribution is 2.44. The van der Waals surface area contributed by atoms with Crippen LogP contribution in [-0.4, -0.2) is 60.4 Å². The fourth-order valence-electron chi connectivity index (χ4n) is 8.31. The lowest BCUT2D eigenvalue weighted by Gasteiger charge is -2.37. The van der Waals surface area contributed by atoms with Gasteiger partial charge < -0.3 is 34.9 Å². The Morgan fingerprint density at radius 3 is 1.55 bits per heavy atom. The van der Waals surface area contributed by atoms with Crippen molar-refractivity contribution in [1.82, 2.24) is 16.0 Å². The van der Waals surface area contributed by atoms with Gasteiger partial charge in [0.2, 0.25) is 5.91 Å². The zero-order valence-corrected chi connectivity index (χ0v) is 38.0. The maximum atomic E-state index is 14.4. The van der Waals surface area contributed by atoms with Crippen LogP contribution in [0.4, 0.5) is 9.59 Å². The molecule has 0 fully saturated rings. The van der Waals surface area contributed by atoms with Crippen molar-refractivity contribution in [1.29, 1.82) is 0 Å². The Morgan fingerprint density at radius 1 is 0.567 bits per heavy atom. The van der Waals surface area contributed by atoms with Gasteiger partial charge in [-0.1, -0.05) is 170 Å². The Morgan fingerprint density at radius 2 is 1.04 bits per heavy atom. The maximum Gasteiger partial charge on any atom is 0.408 e. The van der Waals surface area contributed by atoms with Crippen LogP contribution in [0, 0.1) is 0 Å². The molecule has 12 heteroatoms. The second-order valence-electron chi connectivity index (χ2n) is 17.3. The predicted molar refractivity (Wildman–Crippen MR) is 254 cm³/mol. The first-order valence-corrected chi connectivity index (χ1v) is 22.3. The predicted octanol–water partition coefficient (Wildman–Crippen LogP) is 9.35. The van der Waals surface area contributed by atoms with Gasteiger partial charge in [-0.05, 0) is 78.6 Å². The van der Waals surface area contributed by atoms with E-state index in [2.05, 4.69) is 16.0 Å². The van der Waals surface area contributed by atoms with Gasteiger partial charge in [0.25, 0.3) is 0 Å². The molecule has 0 aliphatic heterocycles. The van der Waals surface area contributed by atoms with Gasteiger partial charge in [0, 0.05) is 12.3 Å². The third kappa shape index (κ3) is 11.8. The van der Waals surface area contributed by atoms with Crippen LogP contribution >= 0.6 is 0 Å². The standard InChI is InChI=1S/C55H55N3O9/c1-37(49(57-53(63)67-54(2,3)4)51(61)64-35-38-21-9-5-10-22-38)66-50(60)47(56-52(62)65-36-46-44-31-19-17-29-42(44)43-30-18-20-32-45(43)46)33-34-48(59)58-55(39-23-11-6-12-24-39,40-25-13-7-14-26-40)41-27-15-8-16-28-41/h5-32,37,46-47,49H,33-36H2,1-4H3,(H,56,62)(H,57,63)(H,58,59)/t37-,47+,49+/m1/s1. The van der Waals surface area contributed by atoms with Gasteiger partial charge >= 0.3 is 24.1 Å². The summed E-state index contributed by atoms with van der Waals surface area (Å²) in [5, 5.41) is 8.44. The molecule has 67 heavy (non-hydrogen) atoms. The number of fused-ring (bicyclic) bond motifs is 3. The third-order valence-corrected chi connectivity index (χ3v) is 11.4. The average molecular weight is 902 g/mol. The summed E-state index contributed by atoms with van der Waals surface area (Å²) in [5.41, 5.74) is 5.11. The fourth-order valence-corrected chi connectivity index (χ4v) is 8.31. The third-order valence-electron chi connectivity index (χ3n) is 11.4. The van der Waals surface area contributed by atoms with Crippen LogP contribution in [0.3, 0.4) is 0 Å². The first kappa shape index (κ1) is 47.2. The second-order valence-corrected chi connectivity index (χ2v) is 17.3. The Balaban J connectivity index is 1.13. The fraction of sp³-hybridized carbons (Fsp3) is 0.255. The van der Waals surface area contributed by atoms with Crippen LogP contribution in [0.25, 0.3) is 11.1 Å². The average Bonchev–Trinajstić information content (AvgIpc) is 3.66. The van der Waals surface area contributed by atoms with E-state index in [1.165, 1.54) is 6.92 Å². The molecule has 0 bridgehead atoms. The number of esters is 2. The van der Waals surface area contributed by atoms with Gasteiger partial charge in [-0.25, -0.2) is 19.2 Å². The maximum absolute atomic E-state index is 14.4. The monoisotopic (exact) mass is 901 g/mol. The number of nitrogens with one attached hydrogen (secondary N) is 3. The van der Waals surface area contributed by atoms with Crippen molar-refractivity contribution >= 4 is 30.0 Å². The van der Waals surface area contributed by atoms with E-state index in [0.717, 1.165) is 38.9 Å². The molecule has 1 aliphatic rings. The summed E-state index contributed by atoms with van der Waals surface area (Å²) in [7, 11) is 0. The molecule has 3 atom stereocenters. The minimum absolute atomic E-state index is 0.0403. The Bertz CT molecular complexity index is 2490. The van der Waals surface area contributed by atoms with Crippen molar-refractivity contribution in [3.8, 4) is 11.1 Å². The van der Waals surface area contributed by atoms with Gasteiger partial charge in [-0.15, -0.1) is 0 Å². The van der Waals surface area contributed by atoms with Crippen molar-refractivity contribution < 1.29 is 42.9 Å². The van der Waals surface area contributed by atoms with Gasteiger partial charge in [0.05, 0.1) is 0 Å². The van der Waals surface area contributed by atoms with Gasteiger partial charge in [0.15, 0.2) is 6.04 Å². The lowest BCUT2D eigenvalue weighted by Crippen LogP contribution is -2.53. The van der Waals surface area contributed by atoms with Gasteiger partial charge in [0.1, 0.15) is 36.5 Å². The lowest BCUT2D eigenvalue weighted by molar-refractivity contribution is -0.159. The molecule has 7 rings (SSSR count). The molecule has 0 radical (unpaired) electrons. The van der Waals surface area contributed by atoms with Gasteiger partial charge in [-0.2, -0.15) is 0 Å². The Hall–Kier alpha value is -7.73. The quantitative estimate of drug-likeness (QED) is 0.0461. The minimum atomic E-state index is -1.52. The molecule has 0 unspecified atom stereocenters. The van der Waals surface area contributed by atoms with Crippen molar-refractivity contribution in [2.45, 2.75) is 82.4 Å². The molecule has 0 heterocycles. The highest BCUT2D eigenvalue weighted by atomic mass is 16.6. The summed E-state index contributed by atoms with van der Waals surface area (Å²) >= 11 is 0. The van der Waals surface area contributed by atoms with Crippen LogP contribution in [0.5, 0.6) is 0 Å². The van der Waals surface area contributed by atoms with E-state index in [4.69, 9.17) is 18.9 Å². The zero-order valence-electron chi connectivity index (χ0n) is 38.0. The molecule has 3 amide bonds. The molecule has 3 N–H and O–H groups in total. The number of carbonyl (C=O) groups excluding carboxylic acids is 5. The number of rotatable bonds is 17. The molecular weight excluding hydrogens is 847 g/mol. The molecule has 0 saturated carbocycles. The van der Waals surface area contributed by atoms with E-state index in [1.54, 1.807) is 45.0 Å². The van der Waals surface area contributed by atoms with Crippen LogP contribution in [0.15, 0.2) is 170 Å². The summed E-state index contributed by atoms with van der Waals surface area (Å²) in [6.45, 7) is 6.24. The van der Waals surface area contributed by atoms with Crippen LogP contribution in [0.2, 0.25) is 0 Å². The molecule has 0 spiro atoms.